The zero-order chi connectivity index (χ0) is 20.0. The van der Waals surface area contributed by atoms with Crippen molar-refractivity contribution in [3.8, 4) is 0 Å². The molecule has 0 aromatic heterocycles. The fourth-order valence-corrected chi connectivity index (χ4v) is 6.50. The fourth-order valence-electron chi connectivity index (χ4n) is 6.26. The molecule has 0 heterocycles. The summed E-state index contributed by atoms with van der Waals surface area (Å²) in [6.07, 6.45) is 6.11. The highest BCUT2D eigenvalue weighted by Gasteiger charge is 2.59. The Morgan fingerprint density at radius 1 is 1.21 bits per heavy atom. The second-order valence-corrected chi connectivity index (χ2v) is 9.74. The van der Waals surface area contributed by atoms with Gasteiger partial charge in [0.05, 0.1) is 6.61 Å². The Kier molecular flexibility index (Phi) is 5.18. The van der Waals surface area contributed by atoms with Crippen LogP contribution in [0.5, 0.6) is 0 Å². The quantitative estimate of drug-likeness (QED) is 0.292. The Balaban J connectivity index is 1.50. The topological polar surface area (TPSA) is 65.0 Å². The Hall–Kier alpha value is -1.22. The van der Waals surface area contributed by atoms with Crippen molar-refractivity contribution < 1.29 is 32.9 Å². The maximum absolute atomic E-state index is 13.7. The fraction of sp³-hybridized carbons (Fsp3) is 0.650. The predicted molar refractivity (Wildman–Crippen MR) is 98.3 cm³/mol. The third-order valence-corrected chi connectivity index (χ3v) is 7.27. The second-order valence-electron chi connectivity index (χ2n) is 8.93. The molecule has 1 aromatic carbocycles. The highest BCUT2D eigenvalue weighted by molar-refractivity contribution is 7.96. The van der Waals surface area contributed by atoms with Crippen LogP contribution in [-0.4, -0.2) is 23.1 Å². The van der Waals surface area contributed by atoms with Crippen molar-refractivity contribution in [1.82, 2.24) is 0 Å². The maximum Gasteiger partial charge on any atom is 0.415 e. The lowest BCUT2D eigenvalue weighted by Gasteiger charge is -2.62. The van der Waals surface area contributed by atoms with Crippen LogP contribution in [0.2, 0.25) is 0 Å². The van der Waals surface area contributed by atoms with Gasteiger partial charge in [0.2, 0.25) is 0 Å². The summed E-state index contributed by atoms with van der Waals surface area (Å²) in [5.74, 6) is -0.584. The van der Waals surface area contributed by atoms with E-state index in [9.17, 15) is 13.6 Å². The molecule has 1 aromatic rings. The zero-order valence-electron chi connectivity index (χ0n) is 15.7. The standard InChI is InChI=1S/C20H24F2O5S/c1-13-2-4-16(5-3-13)19-9-14-6-15(10-19)8-18(7-14,11-19)12-25-17(23)20(21,22)28-27-26-24/h2-5,14-15,24H,6-12H2,1H3. The van der Waals surface area contributed by atoms with E-state index in [2.05, 4.69) is 40.6 Å². The van der Waals surface area contributed by atoms with Crippen LogP contribution >= 0.6 is 12.0 Å². The van der Waals surface area contributed by atoms with Crippen LogP contribution in [0.3, 0.4) is 0 Å². The molecule has 8 heteroatoms. The van der Waals surface area contributed by atoms with E-state index in [4.69, 9.17) is 9.99 Å². The Bertz CT molecular complexity index is 725. The minimum Gasteiger partial charge on any atom is -0.460 e. The van der Waals surface area contributed by atoms with E-state index >= 15 is 0 Å². The van der Waals surface area contributed by atoms with Gasteiger partial charge in [0, 0.05) is 5.41 Å². The van der Waals surface area contributed by atoms with Gasteiger partial charge >= 0.3 is 11.2 Å². The largest absolute Gasteiger partial charge is 0.460 e. The molecule has 5 nitrogen and oxygen atoms in total. The highest BCUT2D eigenvalue weighted by Crippen LogP contribution is 2.65. The van der Waals surface area contributed by atoms with Gasteiger partial charge in [0.15, 0.2) is 0 Å². The molecule has 4 aliphatic carbocycles. The normalized spacial score (nSPS) is 33.9. The first-order valence-electron chi connectivity index (χ1n) is 9.54. The van der Waals surface area contributed by atoms with Gasteiger partial charge in [0.25, 0.3) is 0 Å². The first kappa shape index (κ1) is 20.1. The summed E-state index contributed by atoms with van der Waals surface area (Å²) in [6.45, 7) is 2.05. The summed E-state index contributed by atoms with van der Waals surface area (Å²) >= 11 is -0.579. The van der Waals surface area contributed by atoms with Crippen LogP contribution in [0.4, 0.5) is 8.78 Å². The number of hydrogen-bond acceptors (Lipinski definition) is 6. The van der Waals surface area contributed by atoms with E-state index < -0.39 is 23.3 Å². The smallest absolute Gasteiger partial charge is 0.415 e. The van der Waals surface area contributed by atoms with E-state index in [0.717, 1.165) is 32.1 Å². The molecule has 0 aliphatic heterocycles. The van der Waals surface area contributed by atoms with Gasteiger partial charge in [-0.1, -0.05) is 34.9 Å². The lowest BCUT2D eigenvalue weighted by atomic mass is 9.43. The third-order valence-electron chi connectivity index (χ3n) is 6.76. The van der Waals surface area contributed by atoms with Crippen LogP contribution in [0, 0.1) is 24.2 Å². The first-order chi connectivity index (χ1) is 13.3. The van der Waals surface area contributed by atoms with Gasteiger partial charge < -0.3 is 4.74 Å². The number of halogens is 2. The number of aryl methyl sites for hydroxylation is 1. The van der Waals surface area contributed by atoms with Crippen molar-refractivity contribution in [2.45, 2.75) is 56.1 Å². The Labute approximate surface area is 166 Å². The van der Waals surface area contributed by atoms with Crippen LogP contribution in [0.15, 0.2) is 24.3 Å². The molecule has 5 rings (SSSR count). The van der Waals surface area contributed by atoms with Gasteiger partial charge in [-0.25, -0.2) is 10.1 Å². The second kappa shape index (κ2) is 7.23. The summed E-state index contributed by atoms with van der Waals surface area (Å²) in [4.78, 5) is 11.8. The maximum atomic E-state index is 13.7. The van der Waals surface area contributed by atoms with Crippen molar-refractivity contribution in [1.29, 1.82) is 0 Å². The van der Waals surface area contributed by atoms with Crippen molar-refractivity contribution in [2.24, 2.45) is 17.3 Å². The average Bonchev–Trinajstić information content (AvgIpc) is 2.64. The molecule has 0 amide bonds. The van der Waals surface area contributed by atoms with Gasteiger partial charge in [-0.15, -0.1) is 4.33 Å². The molecule has 0 radical (unpaired) electrons. The summed E-state index contributed by atoms with van der Waals surface area (Å²) in [5, 5.41) is 7.23. The molecule has 0 spiro atoms. The van der Waals surface area contributed by atoms with Crippen LogP contribution in [0.1, 0.15) is 49.7 Å². The van der Waals surface area contributed by atoms with E-state index in [1.807, 2.05) is 0 Å². The molecule has 1 N–H and O–H groups in total. The van der Waals surface area contributed by atoms with Crippen molar-refractivity contribution in [2.75, 3.05) is 6.61 Å². The Morgan fingerprint density at radius 3 is 2.46 bits per heavy atom. The summed E-state index contributed by atoms with van der Waals surface area (Å²) in [6, 6.07) is 8.64. The van der Waals surface area contributed by atoms with Crippen molar-refractivity contribution >= 4 is 18.0 Å². The Morgan fingerprint density at radius 2 is 1.86 bits per heavy atom. The number of esters is 1. The van der Waals surface area contributed by atoms with Gasteiger partial charge in [0.1, 0.15) is 12.0 Å². The van der Waals surface area contributed by atoms with Gasteiger partial charge in [-0.05, 0) is 68.3 Å². The molecule has 28 heavy (non-hydrogen) atoms. The van der Waals surface area contributed by atoms with E-state index in [1.54, 1.807) is 0 Å². The lowest BCUT2D eigenvalue weighted by Crippen LogP contribution is -2.55. The molecular weight excluding hydrogens is 390 g/mol. The number of ether oxygens (including phenoxy) is 1. The number of rotatable bonds is 7. The van der Waals surface area contributed by atoms with E-state index in [1.165, 1.54) is 17.5 Å². The molecule has 4 saturated carbocycles. The van der Waals surface area contributed by atoms with Crippen LogP contribution in [-0.2, 0) is 24.3 Å². The van der Waals surface area contributed by atoms with E-state index in [0.29, 0.717) is 11.8 Å². The number of carbonyl (C=O) groups excluding carboxylic acids is 1. The lowest BCUT2D eigenvalue weighted by molar-refractivity contribution is -0.433. The van der Waals surface area contributed by atoms with Gasteiger partial charge in [-0.2, -0.15) is 8.78 Å². The highest BCUT2D eigenvalue weighted by atomic mass is 32.2. The van der Waals surface area contributed by atoms with Crippen molar-refractivity contribution in [3.05, 3.63) is 35.4 Å². The van der Waals surface area contributed by atoms with Crippen LogP contribution in [0.25, 0.3) is 0 Å². The molecular formula is C20H24F2O5S. The molecule has 4 aliphatic rings. The number of hydrogen-bond donors (Lipinski definition) is 1. The predicted octanol–water partition coefficient (Wildman–Crippen LogP) is 5.04. The minimum atomic E-state index is -3.94. The summed E-state index contributed by atoms with van der Waals surface area (Å²) in [7, 11) is 0. The first-order valence-corrected chi connectivity index (χ1v) is 10.3. The monoisotopic (exact) mass is 414 g/mol. The third kappa shape index (κ3) is 3.67. The molecule has 2 atom stereocenters. The summed E-state index contributed by atoms with van der Waals surface area (Å²) < 4.78 is 36.2. The molecule has 154 valence electrons. The van der Waals surface area contributed by atoms with Crippen LogP contribution < -0.4 is 0 Å². The molecule has 0 saturated heterocycles. The number of carbonyl (C=O) groups is 1. The number of benzene rings is 1. The average molecular weight is 414 g/mol. The SMILES string of the molecule is Cc1ccc(C23CC4CC(CC(COC(=O)C(F)(F)SOOO)(C4)C2)C3)cc1. The number of alkyl halides is 2. The molecule has 4 bridgehead atoms. The molecule has 2 unspecified atom stereocenters. The van der Waals surface area contributed by atoms with E-state index in [-0.39, 0.29) is 17.4 Å². The minimum absolute atomic E-state index is 0.0113. The van der Waals surface area contributed by atoms with Gasteiger partial charge in [-0.3, -0.25) is 0 Å². The zero-order valence-corrected chi connectivity index (χ0v) is 16.5. The molecule has 4 fully saturated rings. The van der Waals surface area contributed by atoms with Crippen molar-refractivity contribution in [3.63, 3.8) is 0 Å². The summed E-state index contributed by atoms with van der Waals surface area (Å²) in [5.41, 5.74) is 2.33.